The number of carbonyl (C=O) groups is 1. The zero-order valence-electron chi connectivity index (χ0n) is 13.2. The smallest absolute Gasteiger partial charge is 0.407 e. The number of ether oxygens (including phenoxy) is 1. The van der Waals surface area contributed by atoms with Gasteiger partial charge in [-0.3, -0.25) is 0 Å². The molecular weight excluding hydrogens is 280 g/mol. The summed E-state index contributed by atoms with van der Waals surface area (Å²) in [6.07, 6.45) is 1.32. The minimum Gasteiger partial charge on any atom is -0.445 e. The molecule has 5 heteroatoms. The fraction of sp³-hybridized carbons (Fsp3) is 0.588. The SMILES string of the molecule is CCN1CC(CCO)CC(NC(=O)OCc2ccccc2)C1. The van der Waals surface area contributed by atoms with E-state index in [1.807, 2.05) is 30.3 Å². The topological polar surface area (TPSA) is 61.8 Å². The summed E-state index contributed by atoms with van der Waals surface area (Å²) >= 11 is 0. The Morgan fingerprint density at radius 2 is 2.14 bits per heavy atom. The average Bonchev–Trinajstić information content (AvgIpc) is 2.54. The normalized spacial score (nSPS) is 22.3. The highest BCUT2D eigenvalue weighted by Crippen LogP contribution is 2.19. The van der Waals surface area contributed by atoms with Crippen LogP contribution in [0.4, 0.5) is 4.79 Å². The number of carbonyl (C=O) groups excluding carboxylic acids is 1. The molecular formula is C17H26N2O3. The third kappa shape index (κ3) is 5.31. The molecule has 1 fully saturated rings. The Morgan fingerprint density at radius 1 is 1.36 bits per heavy atom. The van der Waals surface area contributed by atoms with Crippen LogP contribution in [0.25, 0.3) is 0 Å². The molecule has 1 saturated heterocycles. The fourth-order valence-electron chi connectivity index (χ4n) is 2.99. The maximum Gasteiger partial charge on any atom is 0.407 e. The van der Waals surface area contributed by atoms with Gasteiger partial charge in [-0.2, -0.15) is 0 Å². The summed E-state index contributed by atoms with van der Waals surface area (Å²) in [5.41, 5.74) is 0.981. The van der Waals surface area contributed by atoms with Gasteiger partial charge < -0.3 is 20.1 Å². The molecule has 2 unspecified atom stereocenters. The number of hydrogen-bond donors (Lipinski definition) is 2. The number of amides is 1. The van der Waals surface area contributed by atoms with E-state index in [2.05, 4.69) is 17.1 Å². The molecule has 1 heterocycles. The first-order valence-electron chi connectivity index (χ1n) is 8.01. The Hall–Kier alpha value is -1.59. The quantitative estimate of drug-likeness (QED) is 0.844. The zero-order valence-corrected chi connectivity index (χ0v) is 13.2. The van der Waals surface area contributed by atoms with Gasteiger partial charge in [-0.1, -0.05) is 37.3 Å². The first kappa shape index (κ1) is 16.8. The van der Waals surface area contributed by atoms with Crippen LogP contribution >= 0.6 is 0 Å². The number of benzene rings is 1. The summed E-state index contributed by atoms with van der Waals surface area (Å²) in [5, 5.41) is 12.1. The van der Waals surface area contributed by atoms with E-state index in [0.717, 1.165) is 38.0 Å². The van der Waals surface area contributed by atoms with Gasteiger partial charge in [-0.25, -0.2) is 4.79 Å². The second kappa shape index (κ2) is 8.76. The van der Waals surface area contributed by atoms with Crippen LogP contribution in [0.3, 0.4) is 0 Å². The van der Waals surface area contributed by atoms with Crippen LogP contribution in [0.5, 0.6) is 0 Å². The minimum atomic E-state index is -0.366. The van der Waals surface area contributed by atoms with Gasteiger partial charge in [0.25, 0.3) is 0 Å². The minimum absolute atomic E-state index is 0.0912. The molecule has 1 aliphatic rings. The van der Waals surface area contributed by atoms with Gasteiger partial charge >= 0.3 is 6.09 Å². The fourth-order valence-corrected chi connectivity index (χ4v) is 2.99. The highest BCUT2D eigenvalue weighted by atomic mass is 16.5. The van der Waals surface area contributed by atoms with Crippen molar-refractivity contribution < 1.29 is 14.6 Å². The number of likely N-dealkylation sites (N-methyl/N-ethyl adjacent to an activating group) is 1. The number of rotatable bonds is 6. The van der Waals surface area contributed by atoms with Crippen molar-refractivity contribution in [3.63, 3.8) is 0 Å². The van der Waals surface area contributed by atoms with Crippen LogP contribution < -0.4 is 5.32 Å². The van der Waals surface area contributed by atoms with Crippen molar-refractivity contribution in [1.82, 2.24) is 10.2 Å². The van der Waals surface area contributed by atoms with Crippen molar-refractivity contribution in [2.45, 2.75) is 32.4 Å². The lowest BCUT2D eigenvalue weighted by molar-refractivity contribution is 0.105. The molecule has 2 rings (SSSR count). The molecule has 0 radical (unpaired) electrons. The summed E-state index contributed by atoms with van der Waals surface area (Å²) < 4.78 is 5.28. The zero-order chi connectivity index (χ0) is 15.8. The third-order valence-electron chi connectivity index (χ3n) is 4.13. The molecule has 1 aromatic carbocycles. The lowest BCUT2D eigenvalue weighted by atomic mass is 9.92. The number of piperidine rings is 1. The van der Waals surface area contributed by atoms with E-state index < -0.39 is 0 Å². The highest BCUT2D eigenvalue weighted by molar-refractivity contribution is 5.67. The maximum absolute atomic E-state index is 11.9. The number of aliphatic hydroxyl groups is 1. The third-order valence-corrected chi connectivity index (χ3v) is 4.13. The Balaban J connectivity index is 1.79. The number of likely N-dealkylation sites (tertiary alicyclic amines) is 1. The van der Waals surface area contributed by atoms with E-state index in [0.29, 0.717) is 5.92 Å². The Kier molecular flexibility index (Phi) is 6.68. The van der Waals surface area contributed by atoms with E-state index >= 15 is 0 Å². The molecule has 1 amide bonds. The van der Waals surface area contributed by atoms with Crippen molar-refractivity contribution in [3.05, 3.63) is 35.9 Å². The number of alkyl carbamates (subject to hydrolysis) is 1. The summed E-state index contributed by atoms with van der Waals surface area (Å²) in [5.74, 6) is 0.429. The van der Waals surface area contributed by atoms with Crippen molar-refractivity contribution in [1.29, 1.82) is 0 Å². The number of aliphatic hydroxyl groups excluding tert-OH is 1. The monoisotopic (exact) mass is 306 g/mol. The summed E-state index contributed by atoms with van der Waals surface area (Å²) in [6, 6.07) is 9.75. The van der Waals surface area contributed by atoms with Gasteiger partial charge in [0.2, 0.25) is 0 Å². The van der Waals surface area contributed by atoms with Crippen molar-refractivity contribution in [2.24, 2.45) is 5.92 Å². The molecule has 22 heavy (non-hydrogen) atoms. The first-order chi connectivity index (χ1) is 10.7. The van der Waals surface area contributed by atoms with Gasteiger partial charge in [-0.05, 0) is 30.9 Å². The number of hydrogen-bond acceptors (Lipinski definition) is 4. The summed E-state index contributed by atoms with van der Waals surface area (Å²) in [6.45, 7) is 5.41. The van der Waals surface area contributed by atoms with Crippen LogP contribution in [-0.2, 0) is 11.3 Å². The molecule has 2 atom stereocenters. The van der Waals surface area contributed by atoms with Crippen molar-refractivity contribution in [3.8, 4) is 0 Å². The van der Waals surface area contributed by atoms with Crippen molar-refractivity contribution >= 4 is 6.09 Å². The molecule has 0 spiro atoms. The molecule has 122 valence electrons. The number of nitrogens with one attached hydrogen (secondary N) is 1. The Bertz CT molecular complexity index is 452. The van der Waals surface area contributed by atoms with Gasteiger partial charge in [-0.15, -0.1) is 0 Å². The highest BCUT2D eigenvalue weighted by Gasteiger charge is 2.27. The standard InChI is InChI=1S/C17H26N2O3/c1-2-19-11-15(8-9-20)10-16(12-19)18-17(21)22-13-14-6-4-3-5-7-14/h3-7,15-16,20H,2,8-13H2,1H3,(H,18,21). The van der Waals surface area contributed by atoms with Gasteiger partial charge in [0, 0.05) is 25.7 Å². The molecule has 5 nitrogen and oxygen atoms in total. The predicted molar refractivity (Wildman–Crippen MR) is 85.5 cm³/mol. The van der Waals surface area contributed by atoms with Crippen LogP contribution in [0.1, 0.15) is 25.3 Å². The molecule has 2 N–H and O–H groups in total. The first-order valence-corrected chi connectivity index (χ1v) is 8.01. The molecule has 0 aromatic heterocycles. The van der Waals surface area contributed by atoms with E-state index in [1.54, 1.807) is 0 Å². The van der Waals surface area contributed by atoms with Gasteiger partial charge in [0.1, 0.15) is 6.61 Å². The predicted octanol–water partition coefficient (Wildman–Crippen LogP) is 2.01. The number of nitrogens with zero attached hydrogens (tertiary/aromatic N) is 1. The van der Waals surface area contributed by atoms with Crippen LogP contribution in [0.15, 0.2) is 30.3 Å². The van der Waals surface area contributed by atoms with Crippen molar-refractivity contribution in [2.75, 3.05) is 26.2 Å². The Labute approximate surface area is 132 Å². The lowest BCUT2D eigenvalue weighted by Crippen LogP contribution is -2.50. The summed E-state index contributed by atoms with van der Waals surface area (Å²) in [4.78, 5) is 14.3. The summed E-state index contributed by atoms with van der Waals surface area (Å²) in [7, 11) is 0. The molecule has 0 bridgehead atoms. The average molecular weight is 306 g/mol. The maximum atomic E-state index is 11.9. The second-order valence-corrected chi connectivity index (χ2v) is 5.87. The van der Waals surface area contributed by atoms with E-state index in [1.165, 1.54) is 0 Å². The molecule has 0 aliphatic carbocycles. The second-order valence-electron chi connectivity index (χ2n) is 5.87. The van der Waals surface area contributed by atoms with Gasteiger partial charge in [0.05, 0.1) is 0 Å². The van der Waals surface area contributed by atoms with Crippen LogP contribution in [0, 0.1) is 5.92 Å². The lowest BCUT2D eigenvalue weighted by Gasteiger charge is -2.37. The van der Waals surface area contributed by atoms with Crippen LogP contribution in [-0.4, -0.2) is 48.4 Å². The van der Waals surface area contributed by atoms with Gasteiger partial charge in [0.15, 0.2) is 0 Å². The van der Waals surface area contributed by atoms with E-state index in [4.69, 9.17) is 9.84 Å². The Morgan fingerprint density at radius 3 is 2.82 bits per heavy atom. The van der Waals surface area contributed by atoms with Crippen LogP contribution in [0.2, 0.25) is 0 Å². The van der Waals surface area contributed by atoms with E-state index in [-0.39, 0.29) is 25.3 Å². The molecule has 0 saturated carbocycles. The molecule has 1 aliphatic heterocycles. The largest absolute Gasteiger partial charge is 0.445 e. The van der Waals surface area contributed by atoms with E-state index in [9.17, 15) is 4.79 Å². The molecule has 1 aromatic rings.